The molecule has 0 aliphatic carbocycles. The number of ether oxygens (including phenoxy) is 1. The molecule has 0 bridgehead atoms. The average Bonchev–Trinajstić information content (AvgIpc) is 3.21. The summed E-state index contributed by atoms with van der Waals surface area (Å²) in [5.41, 5.74) is 6.85. The van der Waals surface area contributed by atoms with Gasteiger partial charge in [0.25, 0.3) is 5.56 Å². The number of pyridine rings is 2. The fourth-order valence-corrected chi connectivity index (χ4v) is 5.08. The van der Waals surface area contributed by atoms with Crippen LogP contribution in [0.2, 0.25) is 0 Å². The zero-order valence-electron chi connectivity index (χ0n) is 20.5. The van der Waals surface area contributed by atoms with Gasteiger partial charge in [-0.2, -0.15) is 0 Å². The number of benzene rings is 1. The standard InChI is InChI=1S/C26H29FN4O4S/c1-5-6-36-14(2)29-10-16-15-7-21(28)20(27)9-22(15)30-24-17(16)11-31-23(24)8-19(26(3,34)13-32)18(12-35-4)25(31)33/h7-9,13,29,34H,2,5-6,10-12,28H2,1,3-4H3. The molecular formula is C26H29FN4O4S. The van der Waals surface area contributed by atoms with Crippen LogP contribution in [0.5, 0.6) is 0 Å². The van der Waals surface area contributed by atoms with Crippen LogP contribution < -0.4 is 16.6 Å². The highest BCUT2D eigenvalue weighted by atomic mass is 32.2. The molecule has 0 spiro atoms. The van der Waals surface area contributed by atoms with Crippen LogP contribution in [0.1, 0.15) is 42.5 Å². The number of thioether (sulfide) groups is 1. The van der Waals surface area contributed by atoms with Crippen molar-refractivity contribution in [2.45, 2.75) is 45.6 Å². The molecule has 10 heteroatoms. The molecule has 36 heavy (non-hydrogen) atoms. The Morgan fingerprint density at radius 2 is 2.17 bits per heavy atom. The molecule has 3 aromatic rings. The van der Waals surface area contributed by atoms with Gasteiger partial charge in [-0.25, -0.2) is 9.37 Å². The number of nitrogen functional groups attached to an aromatic ring is 1. The molecule has 8 nitrogen and oxygen atoms in total. The highest BCUT2D eigenvalue weighted by Gasteiger charge is 2.33. The van der Waals surface area contributed by atoms with Gasteiger partial charge in [0.05, 0.1) is 40.8 Å². The van der Waals surface area contributed by atoms with Crippen LogP contribution >= 0.6 is 11.8 Å². The fraction of sp³-hybridized carbons (Fsp3) is 0.346. The summed E-state index contributed by atoms with van der Waals surface area (Å²) >= 11 is 1.61. The number of aliphatic hydroxyl groups is 1. The molecule has 190 valence electrons. The van der Waals surface area contributed by atoms with E-state index in [2.05, 4.69) is 18.8 Å². The van der Waals surface area contributed by atoms with E-state index in [1.807, 2.05) is 0 Å². The molecule has 3 heterocycles. The van der Waals surface area contributed by atoms with Gasteiger partial charge >= 0.3 is 0 Å². The number of anilines is 1. The molecule has 1 aromatic carbocycles. The van der Waals surface area contributed by atoms with Gasteiger partial charge in [-0.3, -0.25) is 9.59 Å². The van der Waals surface area contributed by atoms with E-state index < -0.39 is 11.4 Å². The zero-order chi connectivity index (χ0) is 26.2. The molecule has 0 amide bonds. The predicted molar refractivity (Wildman–Crippen MR) is 140 cm³/mol. The van der Waals surface area contributed by atoms with Crippen LogP contribution in [-0.4, -0.2) is 33.8 Å². The molecule has 1 aliphatic rings. The van der Waals surface area contributed by atoms with E-state index in [0.717, 1.165) is 28.3 Å². The summed E-state index contributed by atoms with van der Waals surface area (Å²) in [5, 5.41) is 15.5. The smallest absolute Gasteiger partial charge is 0.257 e. The summed E-state index contributed by atoms with van der Waals surface area (Å²) in [6, 6.07) is 4.43. The number of hydrogen-bond donors (Lipinski definition) is 3. The number of halogens is 1. The van der Waals surface area contributed by atoms with Gasteiger partial charge in [-0.1, -0.05) is 13.5 Å². The number of fused-ring (bicyclic) bond motifs is 4. The number of carbonyl (C=O) groups excluding carboxylic acids is 1. The first-order chi connectivity index (χ1) is 17.1. The Kier molecular flexibility index (Phi) is 7.21. The minimum Gasteiger partial charge on any atom is -0.396 e. The number of hydrogen-bond acceptors (Lipinski definition) is 8. The van der Waals surface area contributed by atoms with Gasteiger partial charge in [0, 0.05) is 41.8 Å². The number of aldehydes is 1. The van der Waals surface area contributed by atoms with E-state index in [-0.39, 0.29) is 35.5 Å². The number of nitrogens with one attached hydrogen (secondary N) is 1. The van der Waals surface area contributed by atoms with Gasteiger partial charge in [-0.15, -0.1) is 11.8 Å². The van der Waals surface area contributed by atoms with Gasteiger partial charge in [0.1, 0.15) is 11.4 Å². The number of carbonyl (C=O) groups is 1. The molecule has 4 N–H and O–H groups in total. The first kappa shape index (κ1) is 25.9. The maximum Gasteiger partial charge on any atom is 0.257 e. The van der Waals surface area contributed by atoms with Crippen molar-refractivity contribution in [3.05, 3.63) is 68.2 Å². The lowest BCUT2D eigenvalue weighted by molar-refractivity contribution is -0.123. The van der Waals surface area contributed by atoms with Crippen molar-refractivity contribution in [1.29, 1.82) is 0 Å². The molecule has 4 rings (SSSR count). The summed E-state index contributed by atoms with van der Waals surface area (Å²) in [6.07, 6.45) is 1.39. The SMILES string of the molecule is C=C(NCc1c2c(nc3cc(F)c(N)cc13)-c1cc(C(C)(O)C=O)c(COC)c(=O)n1C2)SCCC. The Morgan fingerprint density at radius 3 is 2.83 bits per heavy atom. The number of rotatable bonds is 10. The second-order valence-corrected chi connectivity index (χ2v) is 10.1. The summed E-state index contributed by atoms with van der Waals surface area (Å²) < 4.78 is 21.2. The minimum absolute atomic E-state index is 0.00376. The van der Waals surface area contributed by atoms with Gasteiger partial charge in [-0.05, 0) is 36.8 Å². The predicted octanol–water partition coefficient (Wildman–Crippen LogP) is 3.40. The van der Waals surface area contributed by atoms with Crippen molar-refractivity contribution in [2.75, 3.05) is 18.6 Å². The third-order valence-corrected chi connectivity index (χ3v) is 7.39. The molecule has 0 saturated heterocycles. The highest BCUT2D eigenvalue weighted by Crippen LogP contribution is 2.38. The van der Waals surface area contributed by atoms with Gasteiger partial charge in [0.2, 0.25) is 0 Å². The lowest BCUT2D eigenvalue weighted by atomic mass is 9.92. The third kappa shape index (κ3) is 4.52. The lowest BCUT2D eigenvalue weighted by Gasteiger charge is -2.21. The van der Waals surface area contributed by atoms with E-state index in [1.165, 1.54) is 20.1 Å². The molecule has 0 radical (unpaired) electrons. The first-order valence-corrected chi connectivity index (χ1v) is 12.5. The number of methoxy groups -OCH3 is 1. The second-order valence-electron chi connectivity index (χ2n) is 8.95. The maximum absolute atomic E-state index is 14.4. The largest absolute Gasteiger partial charge is 0.396 e. The first-order valence-electron chi connectivity index (χ1n) is 11.5. The molecular weight excluding hydrogens is 483 g/mol. The highest BCUT2D eigenvalue weighted by molar-refractivity contribution is 8.02. The van der Waals surface area contributed by atoms with Crippen molar-refractivity contribution in [3.63, 3.8) is 0 Å². The summed E-state index contributed by atoms with van der Waals surface area (Å²) in [7, 11) is 1.44. The van der Waals surface area contributed by atoms with Crippen LogP contribution in [0.15, 0.2) is 34.6 Å². The third-order valence-electron chi connectivity index (χ3n) is 6.29. The van der Waals surface area contributed by atoms with E-state index in [1.54, 1.807) is 28.5 Å². The number of nitrogens with two attached hydrogens (primary N) is 1. The molecule has 1 aliphatic heterocycles. The Balaban J connectivity index is 1.94. The topological polar surface area (TPSA) is 119 Å². The van der Waals surface area contributed by atoms with Crippen molar-refractivity contribution in [1.82, 2.24) is 14.9 Å². The van der Waals surface area contributed by atoms with E-state index in [9.17, 15) is 19.1 Å². The van der Waals surface area contributed by atoms with Crippen molar-refractivity contribution in [3.8, 4) is 11.4 Å². The fourth-order valence-electron chi connectivity index (χ4n) is 4.45. The van der Waals surface area contributed by atoms with Crippen LogP contribution in [0, 0.1) is 5.82 Å². The summed E-state index contributed by atoms with van der Waals surface area (Å²) in [6.45, 7) is 7.99. The Morgan fingerprint density at radius 1 is 1.42 bits per heavy atom. The molecule has 0 saturated carbocycles. The zero-order valence-corrected chi connectivity index (χ0v) is 21.3. The van der Waals surface area contributed by atoms with Crippen LogP contribution in [0.4, 0.5) is 10.1 Å². The van der Waals surface area contributed by atoms with Crippen molar-refractivity contribution >= 4 is 34.6 Å². The molecule has 1 unspecified atom stereocenters. The molecule has 2 aromatic heterocycles. The van der Waals surface area contributed by atoms with Gasteiger partial charge < -0.3 is 25.5 Å². The Bertz CT molecular complexity index is 1430. The number of nitrogens with zero attached hydrogens (tertiary/aromatic N) is 2. The number of aromatic nitrogens is 2. The van der Waals surface area contributed by atoms with Crippen molar-refractivity contribution in [2.24, 2.45) is 0 Å². The van der Waals surface area contributed by atoms with E-state index in [0.29, 0.717) is 35.1 Å². The second kappa shape index (κ2) is 10.0. The normalized spacial score (nSPS) is 13.8. The van der Waals surface area contributed by atoms with Crippen LogP contribution in [-0.2, 0) is 34.8 Å². The lowest BCUT2D eigenvalue weighted by Crippen LogP contribution is -2.32. The van der Waals surface area contributed by atoms with Crippen LogP contribution in [0.25, 0.3) is 22.3 Å². The molecule has 0 fully saturated rings. The quantitative estimate of drug-likeness (QED) is 0.219. The monoisotopic (exact) mass is 512 g/mol. The summed E-state index contributed by atoms with van der Waals surface area (Å²) in [5.74, 6) is 0.328. The van der Waals surface area contributed by atoms with Crippen LogP contribution in [0.3, 0.4) is 0 Å². The van der Waals surface area contributed by atoms with Crippen molar-refractivity contribution < 1.29 is 19.0 Å². The summed E-state index contributed by atoms with van der Waals surface area (Å²) in [4.78, 5) is 29.9. The average molecular weight is 513 g/mol. The Labute approximate surface area is 212 Å². The van der Waals surface area contributed by atoms with E-state index >= 15 is 0 Å². The maximum atomic E-state index is 14.4. The molecule has 1 atom stereocenters. The minimum atomic E-state index is -1.90. The van der Waals surface area contributed by atoms with Gasteiger partial charge in [0.15, 0.2) is 6.29 Å². The van der Waals surface area contributed by atoms with E-state index in [4.69, 9.17) is 15.5 Å². The Hall–Kier alpha value is -3.21.